The summed E-state index contributed by atoms with van der Waals surface area (Å²) in [4.78, 5) is 44.7. The monoisotopic (exact) mass is 526 g/mol. The molecule has 0 atom stereocenters. The zero-order valence-corrected chi connectivity index (χ0v) is 21.5. The second-order valence-electron chi connectivity index (χ2n) is 7.15. The van der Waals surface area contributed by atoms with E-state index in [-0.39, 0.29) is 25.2 Å². The van der Waals surface area contributed by atoms with Crippen molar-refractivity contribution in [3.8, 4) is 11.1 Å². The number of hydrogen-bond donors (Lipinski definition) is 2. The van der Waals surface area contributed by atoms with Crippen LogP contribution in [0.15, 0.2) is 72.8 Å². The highest BCUT2D eigenvalue weighted by molar-refractivity contribution is 5.93. The number of carbonyl (C=O) groups is 4. The lowest BCUT2D eigenvalue weighted by Crippen LogP contribution is -2.04. The number of esters is 4. The summed E-state index contributed by atoms with van der Waals surface area (Å²) >= 11 is 0. The number of aliphatic hydroxyl groups is 2. The molecule has 0 amide bonds. The second-order valence-corrected chi connectivity index (χ2v) is 7.15. The number of ether oxygens (including phenoxy) is 4. The molecule has 0 bridgehead atoms. The Morgan fingerprint density at radius 2 is 0.632 bits per heavy atom. The highest BCUT2D eigenvalue weighted by atomic mass is 16.5. The van der Waals surface area contributed by atoms with E-state index in [1.54, 1.807) is 24.3 Å². The van der Waals surface area contributed by atoms with Crippen LogP contribution in [-0.4, -0.2) is 75.7 Å². The topological polar surface area (TPSA) is 146 Å². The maximum absolute atomic E-state index is 11.3. The minimum absolute atomic E-state index is 0.125. The van der Waals surface area contributed by atoms with Crippen molar-refractivity contribution < 1.29 is 48.3 Å². The average molecular weight is 527 g/mol. The Hall–Kier alpha value is -4.54. The first-order valence-electron chi connectivity index (χ1n) is 11.1. The molecule has 0 fully saturated rings. The lowest BCUT2D eigenvalue weighted by atomic mass is 10.0. The van der Waals surface area contributed by atoms with E-state index in [4.69, 9.17) is 10.2 Å². The summed E-state index contributed by atoms with van der Waals surface area (Å²) in [6, 6.07) is 20.2. The molecule has 38 heavy (non-hydrogen) atoms. The van der Waals surface area contributed by atoms with Crippen molar-refractivity contribution in [2.75, 3.05) is 41.7 Å². The first-order valence-corrected chi connectivity index (χ1v) is 11.1. The summed E-state index contributed by atoms with van der Waals surface area (Å²) < 4.78 is 18.3. The predicted molar refractivity (Wildman–Crippen MR) is 138 cm³/mol. The Bertz CT molecular complexity index is 1070. The van der Waals surface area contributed by atoms with Crippen LogP contribution in [0.3, 0.4) is 0 Å². The summed E-state index contributed by atoms with van der Waals surface area (Å²) in [5.41, 5.74) is 3.72. The smallest absolute Gasteiger partial charge is 0.337 e. The van der Waals surface area contributed by atoms with E-state index in [2.05, 4.69) is 18.9 Å². The van der Waals surface area contributed by atoms with Crippen LogP contribution in [0, 0.1) is 0 Å². The van der Waals surface area contributed by atoms with Gasteiger partial charge in [-0.3, -0.25) is 0 Å². The lowest BCUT2D eigenvalue weighted by Gasteiger charge is -2.05. The Balaban J connectivity index is 0.000000349. The SMILES string of the molecule is COC(=O)c1ccc(-c2ccc(C(=O)OC)cc2)cc1.COC(=O)c1ccc(C(=O)OC)cc1.OCCO. The molecule has 3 aromatic carbocycles. The van der Waals surface area contributed by atoms with Crippen molar-refractivity contribution in [2.24, 2.45) is 0 Å². The van der Waals surface area contributed by atoms with Crippen LogP contribution >= 0.6 is 0 Å². The van der Waals surface area contributed by atoms with Gasteiger partial charge in [-0.05, 0) is 59.7 Å². The first kappa shape index (κ1) is 31.5. The molecule has 3 rings (SSSR count). The van der Waals surface area contributed by atoms with Gasteiger partial charge in [0.2, 0.25) is 0 Å². The molecule has 202 valence electrons. The molecule has 10 heteroatoms. The standard InChI is InChI=1S/C16H14O4.C10H10O4.C2H6O2/c1-19-15(17)13-7-3-11(4-8-13)12-5-9-14(10-6-12)16(18)20-2;1-13-9(11)7-3-5-8(6-4-7)10(12)14-2;3-1-2-4/h3-10H,1-2H3;3-6H,1-2H3;3-4H,1-2H2. The van der Waals surface area contributed by atoms with E-state index in [1.807, 2.05) is 24.3 Å². The fourth-order valence-corrected chi connectivity index (χ4v) is 2.81. The Morgan fingerprint density at radius 3 is 0.789 bits per heavy atom. The molecule has 10 nitrogen and oxygen atoms in total. The van der Waals surface area contributed by atoms with Gasteiger partial charge < -0.3 is 29.2 Å². The number of methoxy groups -OCH3 is 4. The normalized spacial score (nSPS) is 9.42. The van der Waals surface area contributed by atoms with Gasteiger partial charge in [0.1, 0.15) is 0 Å². The molecular weight excluding hydrogens is 496 g/mol. The van der Waals surface area contributed by atoms with Crippen LogP contribution in [0.5, 0.6) is 0 Å². The van der Waals surface area contributed by atoms with Gasteiger partial charge in [0, 0.05) is 0 Å². The van der Waals surface area contributed by atoms with E-state index in [9.17, 15) is 19.2 Å². The van der Waals surface area contributed by atoms with E-state index in [0.717, 1.165) is 11.1 Å². The van der Waals surface area contributed by atoms with E-state index in [0.29, 0.717) is 22.3 Å². The third kappa shape index (κ3) is 9.84. The van der Waals surface area contributed by atoms with Gasteiger partial charge in [-0.1, -0.05) is 24.3 Å². The van der Waals surface area contributed by atoms with Crippen LogP contribution in [0.4, 0.5) is 0 Å². The summed E-state index contributed by atoms with van der Waals surface area (Å²) in [5, 5.41) is 15.2. The molecule has 2 N–H and O–H groups in total. The van der Waals surface area contributed by atoms with Gasteiger partial charge in [-0.2, -0.15) is 0 Å². The van der Waals surface area contributed by atoms with Crippen LogP contribution in [0.1, 0.15) is 41.4 Å². The minimum Gasteiger partial charge on any atom is -0.465 e. The Kier molecular flexibility index (Phi) is 14.1. The van der Waals surface area contributed by atoms with Crippen LogP contribution in [-0.2, 0) is 18.9 Å². The van der Waals surface area contributed by atoms with Crippen molar-refractivity contribution in [3.63, 3.8) is 0 Å². The average Bonchev–Trinajstić information content (AvgIpc) is 3.00. The quantitative estimate of drug-likeness (QED) is 0.363. The molecule has 0 saturated heterocycles. The highest BCUT2D eigenvalue weighted by Gasteiger charge is 2.09. The molecular formula is C28H30O10. The van der Waals surface area contributed by atoms with Gasteiger partial charge >= 0.3 is 23.9 Å². The zero-order chi connectivity index (χ0) is 28.5. The maximum atomic E-state index is 11.3. The van der Waals surface area contributed by atoms with Gasteiger partial charge in [0.15, 0.2) is 0 Å². The molecule has 0 radical (unpaired) electrons. The van der Waals surface area contributed by atoms with Gasteiger partial charge in [0.05, 0.1) is 63.9 Å². The van der Waals surface area contributed by atoms with E-state index < -0.39 is 11.9 Å². The van der Waals surface area contributed by atoms with Crippen LogP contribution in [0.2, 0.25) is 0 Å². The van der Waals surface area contributed by atoms with Crippen molar-refractivity contribution in [1.29, 1.82) is 0 Å². The second kappa shape index (κ2) is 17.0. The molecule has 0 aromatic heterocycles. The van der Waals surface area contributed by atoms with E-state index >= 15 is 0 Å². The van der Waals surface area contributed by atoms with E-state index in [1.165, 1.54) is 52.7 Å². The molecule has 0 unspecified atom stereocenters. The van der Waals surface area contributed by atoms with Crippen molar-refractivity contribution in [2.45, 2.75) is 0 Å². The third-order valence-corrected chi connectivity index (χ3v) is 4.77. The predicted octanol–water partition coefficient (Wildman–Crippen LogP) is 3.16. The molecule has 3 aromatic rings. The molecule has 0 saturated carbocycles. The Morgan fingerprint density at radius 1 is 0.447 bits per heavy atom. The summed E-state index contributed by atoms with van der Waals surface area (Å²) in [6.45, 7) is -0.250. The maximum Gasteiger partial charge on any atom is 0.337 e. The third-order valence-electron chi connectivity index (χ3n) is 4.77. The molecule has 0 spiro atoms. The van der Waals surface area contributed by atoms with Crippen molar-refractivity contribution in [1.82, 2.24) is 0 Å². The summed E-state index contributed by atoms with van der Waals surface area (Å²) in [6.07, 6.45) is 0. The number of carbonyl (C=O) groups excluding carboxylic acids is 4. The minimum atomic E-state index is -0.429. The summed E-state index contributed by atoms with van der Waals surface area (Å²) in [7, 11) is 5.30. The fourth-order valence-electron chi connectivity index (χ4n) is 2.81. The van der Waals surface area contributed by atoms with Crippen LogP contribution < -0.4 is 0 Å². The number of benzene rings is 3. The Labute approximate surface area is 220 Å². The van der Waals surface area contributed by atoms with Gasteiger partial charge in [-0.25, -0.2) is 19.2 Å². The van der Waals surface area contributed by atoms with Gasteiger partial charge in [0.25, 0.3) is 0 Å². The molecule has 0 aliphatic heterocycles. The zero-order valence-electron chi connectivity index (χ0n) is 21.5. The van der Waals surface area contributed by atoms with Gasteiger partial charge in [-0.15, -0.1) is 0 Å². The summed E-state index contributed by atoms with van der Waals surface area (Å²) in [5.74, 6) is -1.59. The van der Waals surface area contributed by atoms with Crippen molar-refractivity contribution >= 4 is 23.9 Å². The number of rotatable bonds is 6. The first-order chi connectivity index (χ1) is 18.3. The lowest BCUT2D eigenvalue weighted by molar-refractivity contribution is 0.0586. The van der Waals surface area contributed by atoms with Crippen LogP contribution in [0.25, 0.3) is 11.1 Å². The fraction of sp³-hybridized carbons (Fsp3) is 0.214. The molecule has 0 aliphatic rings. The largest absolute Gasteiger partial charge is 0.465 e. The van der Waals surface area contributed by atoms with Crippen molar-refractivity contribution in [3.05, 3.63) is 95.1 Å². The highest BCUT2D eigenvalue weighted by Crippen LogP contribution is 2.21. The number of aliphatic hydroxyl groups excluding tert-OH is 2. The number of hydrogen-bond acceptors (Lipinski definition) is 10. The molecule has 0 heterocycles. The molecule has 0 aliphatic carbocycles.